The number of hydrogen-bond donors (Lipinski definition) is 1. The second kappa shape index (κ2) is 11.7. The number of Topliss-reactive ketones (excluding diaryl/α,β-unsaturated/α-hetero) is 1. The van der Waals surface area contributed by atoms with E-state index in [1.165, 1.54) is 37.5 Å². The topological polar surface area (TPSA) is 101 Å². The molecule has 0 saturated carbocycles. The quantitative estimate of drug-likeness (QED) is 0.394. The van der Waals surface area contributed by atoms with E-state index in [4.69, 9.17) is 19.5 Å². The fraction of sp³-hybridized carbons (Fsp3) is 0.357. The van der Waals surface area contributed by atoms with Gasteiger partial charge in [-0.3, -0.25) is 14.7 Å². The monoisotopic (exact) mass is 615 g/mol. The number of methoxy groups -OCH3 is 1. The number of aromatic nitrogens is 1. The van der Waals surface area contributed by atoms with Crippen LogP contribution in [0.3, 0.4) is 0 Å². The van der Waals surface area contributed by atoms with Crippen LogP contribution in [-0.4, -0.2) is 71.9 Å². The third kappa shape index (κ3) is 5.73. The Balaban J connectivity index is 1.64. The first-order valence-electron chi connectivity index (χ1n) is 12.4. The van der Waals surface area contributed by atoms with Crippen LogP contribution in [0.15, 0.2) is 57.0 Å². The van der Waals surface area contributed by atoms with Crippen LogP contribution in [-0.2, 0) is 25.7 Å². The molecule has 11 heteroatoms. The van der Waals surface area contributed by atoms with Gasteiger partial charge in [-0.1, -0.05) is 28.1 Å². The molecule has 1 N–H and O–H groups in total. The van der Waals surface area contributed by atoms with Crippen molar-refractivity contribution in [1.29, 1.82) is 0 Å². The third-order valence-corrected chi connectivity index (χ3v) is 8.72. The molecule has 39 heavy (non-hydrogen) atoms. The number of ether oxygens (including phenoxy) is 2. The van der Waals surface area contributed by atoms with E-state index >= 15 is 0 Å². The van der Waals surface area contributed by atoms with E-state index in [1.807, 2.05) is 23.1 Å². The number of fused-ring (bicyclic) bond motifs is 1. The number of hydrogen-bond acceptors (Lipinski definition) is 9. The summed E-state index contributed by atoms with van der Waals surface area (Å²) in [4.78, 5) is 37.5. The summed E-state index contributed by atoms with van der Waals surface area (Å²) in [7, 11) is 1.32. The molecule has 2 atom stereocenters. The van der Waals surface area contributed by atoms with E-state index < -0.39 is 23.9 Å². The molecule has 0 spiro atoms. The van der Waals surface area contributed by atoms with Gasteiger partial charge in [0, 0.05) is 24.0 Å². The van der Waals surface area contributed by atoms with Crippen molar-refractivity contribution in [3.05, 3.63) is 74.0 Å². The highest BCUT2D eigenvalue weighted by atomic mass is 79.9. The molecule has 0 aliphatic carbocycles. The molecule has 3 aromatic rings. The molecular formula is C28H27BrFN3O5S. The number of benzene rings is 2. The van der Waals surface area contributed by atoms with Gasteiger partial charge in [-0.05, 0) is 47.9 Å². The minimum atomic E-state index is -0.775. The van der Waals surface area contributed by atoms with Crippen molar-refractivity contribution >= 4 is 54.9 Å². The largest absolute Gasteiger partial charge is 0.466 e. The van der Waals surface area contributed by atoms with E-state index in [-0.39, 0.29) is 19.0 Å². The van der Waals surface area contributed by atoms with Crippen LogP contribution in [0.25, 0.3) is 10.2 Å². The van der Waals surface area contributed by atoms with Crippen molar-refractivity contribution in [3.8, 4) is 0 Å². The molecule has 2 aliphatic heterocycles. The van der Waals surface area contributed by atoms with Gasteiger partial charge in [0.05, 0.1) is 54.5 Å². The van der Waals surface area contributed by atoms with Gasteiger partial charge in [0.15, 0.2) is 0 Å². The minimum Gasteiger partial charge on any atom is -0.466 e. The first-order valence-corrected chi connectivity index (χ1v) is 14.0. The lowest BCUT2D eigenvalue weighted by Crippen LogP contribution is -2.50. The number of rotatable bonds is 7. The van der Waals surface area contributed by atoms with Crippen molar-refractivity contribution in [2.75, 3.05) is 33.4 Å². The summed E-state index contributed by atoms with van der Waals surface area (Å²) < 4.78 is 26.2. The van der Waals surface area contributed by atoms with E-state index in [0.29, 0.717) is 52.4 Å². The van der Waals surface area contributed by atoms with Crippen LogP contribution < -0.4 is 0 Å². The molecule has 2 unspecified atom stereocenters. The number of aliphatic hydroxyl groups is 1. The van der Waals surface area contributed by atoms with Crippen LogP contribution in [0.5, 0.6) is 0 Å². The molecule has 5 rings (SSSR count). The number of dihydropyridines is 1. The lowest BCUT2D eigenvalue weighted by molar-refractivity contribution is -0.136. The van der Waals surface area contributed by atoms with Crippen molar-refractivity contribution in [2.45, 2.75) is 32.0 Å². The molecule has 1 aromatic heterocycles. The van der Waals surface area contributed by atoms with Gasteiger partial charge in [-0.2, -0.15) is 0 Å². The van der Waals surface area contributed by atoms with Gasteiger partial charge >= 0.3 is 5.97 Å². The van der Waals surface area contributed by atoms with Gasteiger partial charge in [-0.25, -0.2) is 14.2 Å². The summed E-state index contributed by atoms with van der Waals surface area (Å²) in [6.07, 6.45) is 0.328. The lowest BCUT2D eigenvalue weighted by Gasteiger charge is -2.36. The number of aliphatic imine (C=N–C) groups is 1. The van der Waals surface area contributed by atoms with Crippen molar-refractivity contribution < 1.29 is 28.6 Å². The molecule has 3 heterocycles. The lowest BCUT2D eigenvalue weighted by atomic mass is 9.88. The summed E-state index contributed by atoms with van der Waals surface area (Å²) in [6, 6.07) is 8.67. The number of carbonyl (C=O) groups excluding carboxylic acids is 2. The molecule has 1 saturated heterocycles. The van der Waals surface area contributed by atoms with E-state index in [0.717, 1.165) is 21.4 Å². The zero-order valence-corrected chi connectivity index (χ0v) is 23.8. The Bertz CT molecular complexity index is 1500. The number of esters is 1. The van der Waals surface area contributed by atoms with Gasteiger partial charge in [0.25, 0.3) is 0 Å². The average molecular weight is 617 g/mol. The standard InChI is InChI=1S/C28H27BrFN3O5S/c1-15(35)23-14-38-8-7-33(23)12-17-10-22(27-32-21-6-3-16(13-34)9-24(21)39-27)31-26(25(17)28(36)37-2)19-5-4-18(30)11-20(19)29/h3-6,9,11,23,26,34H,7-8,10,12-14H2,1-2H3. The molecule has 1 fully saturated rings. The number of ketones is 1. The van der Waals surface area contributed by atoms with Gasteiger partial charge in [0.1, 0.15) is 22.6 Å². The van der Waals surface area contributed by atoms with E-state index in [1.54, 1.807) is 6.07 Å². The highest BCUT2D eigenvalue weighted by molar-refractivity contribution is 9.10. The van der Waals surface area contributed by atoms with Crippen LogP contribution in [0, 0.1) is 5.82 Å². The predicted molar refractivity (Wildman–Crippen MR) is 149 cm³/mol. The van der Waals surface area contributed by atoms with Gasteiger partial charge in [-0.15, -0.1) is 11.3 Å². The number of nitrogens with zero attached hydrogens (tertiary/aromatic N) is 3. The normalized spacial score (nSPS) is 20.3. The molecule has 0 bridgehead atoms. The molecule has 8 nitrogen and oxygen atoms in total. The molecule has 0 amide bonds. The first kappa shape index (κ1) is 27.7. The maximum Gasteiger partial charge on any atom is 0.336 e. The highest BCUT2D eigenvalue weighted by Crippen LogP contribution is 2.40. The summed E-state index contributed by atoms with van der Waals surface area (Å²) in [5.74, 6) is -0.959. The zero-order valence-electron chi connectivity index (χ0n) is 21.4. The maximum absolute atomic E-state index is 14.0. The van der Waals surface area contributed by atoms with E-state index in [9.17, 15) is 19.1 Å². The average Bonchev–Trinajstić information content (AvgIpc) is 3.36. The second-order valence-corrected chi connectivity index (χ2v) is 11.4. The zero-order chi connectivity index (χ0) is 27.7. The minimum absolute atomic E-state index is 0.0108. The third-order valence-electron chi connectivity index (χ3n) is 6.97. The van der Waals surface area contributed by atoms with Gasteiger partial charge < -0.3 is 14.6 Å². The van der Waals surface area contributed by atoms with Crippen LogP contribution >= 0.6 is 27.3 Å². The highest BCUT2D eigenvalue weighted by Gasteiger charge is 2.36. The molecule has 204 valence electrons. The molecular weight excluding hydrogens is 589 g/mol. The number of carbonyl (C=O) groups is 2. The molecule has 0 radical (unpaired) electrons. The molecule has 2 aromatic carbocycles. The van der Waals surface area contributed by atoms with Crippen LogP contribution in [0.2, 0.25) is 0 Å². The second-order valence-electron chi connectivity index (χ2n) is 9.48. The number of aliphatic hydroxyl groups excluding tert-OH is 1. The Hall–Kier alpha value is -2.83. The maximum atomic E-state index is 14.0. The van der Waals surface area contributed by atoms with Gasteiger partial charge in [0.2, 0.25) is 0 Å². The van der Waals surface area contributed by atoms with Crippen LogP contribution in [0.4, 0.5) is 4.39 Å². The van der Waals surface area contributed by atoms with E-state index in [2.05, 4.69) is 15.9 Å². The number of morpholine rings is 1. The molecule has 2 aliphatic rings. The Morgan fingerprint density at radius 1 is 1.28 bits per heavy atom. The number of halogens is 2. The Kier molecular flexibility index (Phi) is 8.34. The van der Waals surface area contributed by atoms with Crippen LogP contribution in [0.1, 0.15) is 35.5 Å². The summed E-state index contributed by atoms with van der Waals surface area (Å²) >= 11 is 4.91. The fourth-order valence-electron chi connectivity index (χ4n) is 4.98. The van der Waals surface area contributed by atoms with Crippen molar-refractivity contribution in [3.63, 3.8) is 0 Å². The first-order chi connectivity index (χ1) is 18.8. The fourth-order valence-corrected chi connectivity index (χ4v) is 6.57. The summed E-state index contributed by atoms with van der Waals surface area (Å²) in [5, 5.41) is 10.2. The Morgan fingerprint density at radius 2 is 2.10 bits per heavy atom. The Labute approximate surface area is 237 Å². The summed E-state index contributed by atoms with van der Waals surface area (Å²) in [5.41, 5.74) is 3.98. The number of thiazole rings is 1. The SMILES string of the molecule is COC(=O)C1=C(CN2CCOCC2C(C)=O)CC(c2nc3ccc(CO)cc3s2)=NC1c1ccc(F)cc1Br. The predicted octanol–water partition coefficient (Wildman–Crippen LogP) is 4.38. The van der Waals surface area contributed by atoms with Crippen molar-refractivity contribution in [2.24, 2.45) is 4.99 Å². The smallest absolute Gasteiger partial charge is 0.336 e. The summed E-state index contributed by atoms with van der Waals surface area (Å²) in [6.45, 7) is 3.10. The Morgan fingerprint density at radius 3 is 2.82 bits per heavy atom. The van der Waals surface area contributed by atoms with Crippen molar-refractivity contribution in [1.82, 2.24) is 9.88 Å².